The highest BCUT2D eigenvalue weighted by atomic mass is 16.5. The Hall–Kier alpha value is -2.12. The Balaban J connectivity index is 1.90. The van der Waals surface area contributed by atoms with Gasteiger partial charge in [-0.25, -0.2) is 4.98 Å². The van der Waals surface area contributed by atoms with Crippen LogP contribution in [0.2, 0.25) is 0 Å². The van der Waals surface area contributed by atoms with E-state index < -0.39 is 0 Å². The molecule has 0 saturated heterocycles. The molecule has 0 unspecified atom stereocenters. The first-order chi connectivity index (χ1) is 10.2. The fraction of sp³-hybridized carbons (Fsp3) is 0.429. The Bertz CT molecular complexity index is 642. The maximum atomic E-state index is 11.6. The Morgan fingerprint density at radius 1 is 1.33 bits per heavy atom. The first-order valence-corrected chi connectivity index (χ1v) is 6.80. The number of nitrogens with one attached hydrogen (secondary N) is 2. The second-order valence-corrected chi connectivity index (χ2v) is 4.57. The van der Waals surface area contributed by atoms with Gasteiger partial charge < -0.3 is 25.5 Å². The molecule has 0 fully saturated rings. The largest absolute Gasteiger partial charge is 0.397 e. The number of anilines is 2. The van der Waals surface area contributed by atoms with Gasteiger partial charge in [-0.3, -0.25) is 4.79 Å². The van der Waals surface area contributed by atoms with Crippen LogP contribution in [0.3, 0.4) is 0 Å². The van der Waals surface area contributed by atoms with Crippen LogP contribution in [0.1, 0.15) is 6.42 Å². The smallest absolute Gasteiger partial charge is 0.258 e. The number of H-pyrrole nitrogens is 1. The van der Waals surface area contributed by atoms with Gasteiger partial charge in [0, 0.05) is 20.3 Å². The molecule has 0 aliphatic rings. The van der Waals surface area contributed by atoms with Crippen LogP contribution in [0.15, 0.2) is 23.3 Å². The van der Waals surface area contributed by atoms with Gasteiger partial charge in [-0.05, 0) is 18.6 Å². The normalized spacial score (nSPS) is 10.9. The number of aromatic nitrogens is 2. The lowest BCUT2D eigenvalue weighted by molar-refractivity contribution is 0.0705. The standard InChI is InChI=1S/C14H20N4O3/c1-20-5-6-21-4-2-3-16-13-8-12-10(7-11(13)15)14(19)18-9-17-12/h7-9,16H,2-6,15H2,1H3,(H,17,18,19). The lowest BCUT2D eigenvalue weighted by Gasteiger charge is -2.10. The molecule has 0 bridgehead atoms. The molecule has 4 N–H and O–H groups in total. The summed E-state index contributed by atoms with van der Waals surface area (Å²) in [4.78, 5) is 18.3. The van der Waals surface area contributed by atoms with Crippen molar-refractivity contribution < 1.29 is 9.47 Å². The molecule has 0 atom stereocenters. The molecule has 0 radical (unpaired) electrons. The quantitative estimate of drug-likeness (QED) is 0.495. The lowest BCUT2D eigenvalue weighted by Crippen LogP contribution is -2.11. The molecule has 7 nitrogen and oxygen atoms in total. The third kappa shape index (κ3) is 4.17. The van der Waals surface area contributed by atoms with E-state index in [2.05, 4.69) is 15.3 Å². The molecule has 0 aliphatic carbocycles. The van der Waals surface area contributed by atoms with Gasteiger partial charge in [0.1, 0.15) is 0 Å². The number of nitrogens with two attached hydrogens (primary N) is 1. The van der Waals surface area contributed by atoms with Crippen LogP contribution in [0, 0.1) is 0 Å². The van der Waals surface area contributed by atoms with Crippen molar-refractivity contribution in [3.63, 3.8) is 0 Å². The monoisotopic (exact) mass is 292 g/mol. The van der Waals surface area contributed by atoms with Gasteiger partial charge in [0.15, 0.2) is 0 Å². The SMILES string of the molecule is COCCOCCCNc1cc2nc[nH]c(=O)c2cc1N. The molecule has 0 saturated carbocycles. The summed E-state index contributed by atoms with van der Waals surface area (Å²) in [6.07, 6.45) is 2.23. The number of hydrogen-bond donors (Lipinski definition) is 3. The van der Waals surface area contributed by atoms with Gasteiger partial charge in [0.05, 0.1) is 41.8 Å². The Kier molecular flexibility index (Phi) is 5.53. The molecule has 0 aliphatic heterocycles. The molecule has 2 aromatic rings. The van der Waals surface area contributed by atoms with Crippen molar-refractivity contribution in [2.45, 2.75) is 6.42 Å². The summed E-state index contributed by atoms with van der Waals surface area (Å²) in [5.74, 6) is 0. The second kappa shape index (κ2) is 7.61. The average molecular weight is 292 g/mol. The highest BCUT2D eigenvalue weighted by molar-refractivity contribution is 5.88. The highest BCUT2D eigenvalue weighted by Gasteiger charge is 2.05. The zero-order valence-corrected chi connectivity index (χ0v) is 12.0. The molecule has 1 aromatic carbocycles. The molecule has 0 amide bonds. The fourth-order valence-electron chi connectivity index (χ4n) is 1.93. The number of ether oxygens (including phenoxy) is 2. The molecular weight excluding hydrogens is 272 g/mol. The molecule has 7 heteroatoms. The van der Waals surface area contributed by atoms with Crippen molar-refractivity contribution in [3.8, 4) is 0 Å². The van der Waals surface area contributed by atoms with Crippen LogP contribution in [0.25, 0.3) is 10.9 Å². The number of nitrogens with zero attached hydrogens (tertiary/aromatic N) is 1. The summed E-state index contributed by atoms with van der Waals surface area (Å²) in [6.45, 7) is 2.58. The van der Waals surface area contributed by atoms with Crippen molar-refractivity contribution in [1.29, 1.82) is 0 Å². The molecule has 0 spiro atoms. The summed E-state index contributed by atoms with van der Waals surface area (Å²) in [5, 5.41) is 3.72. The molecule has 1 aromatic heterocycles. The first-order valence-electron chi connectivity index (χ1n) is 6.80. The van der Waals surface area contributed by atoms with E-state index in [-0.39, 0.29) is 5.56 Å². The van der Waals surface area contributed by atoms with Crippen LogP contribution in [-0.2, 0) is 9.47 Å². The Labute approximate surface area is 122 Å². The zero-order chi connectivity index (χ0) is 15.1. The van der Waals surface area contributed by atoms with Gasteiger partial charge in [-0.15, -0.1) is 0 Å². The molecular formula is C14H20N4O3. The number of hydrogen-bond acceptors (Lipinski definition) is 6. The minimum absolute atomic E-state index is 0.190. The molecule has 114 valence electrons. The average Bonchev–Trinajstić information content (AvgIpc) is 2.48. The summed E-state index contributed by atoms with van der Waals surface area (Å²) < 4.78 is 10.3. The van der Waals surface area contributed by atoms with E-state index in [1.807, 2.05) is 0 Å². The number of fused-ring (bicyclic) bond motifs is 1. The maximum absolute atomic E-state index is 11.6. The molecule has 1 heterocycles. The summed E-state index contributed by atoms with van der Waals surface area (Å²) in [5.41, 5.74) is 7.68. The number of methoxy groups -OCH3 is 1. The summed E-state index contributed by atoms with van der Waals surface area (Å²) in [6, 6.07) is 3.42. The van der Waals surface area contributed by atoms with Gasteiger partial charge in [-0.2, -0.15) is 0 Å². The van der Waals surface area contributed by atoms with E-state index in [4.69, 9.17) is 15.2 Å². The minimum atomic E-state index is -0.190. The van der Waals surface area contributed by atoms with E-state index in [0.717, 1.165) is 18.7 Å². The van der Waals surface area contributed by atoms with Crippen molar-refractivity contribution in [1.82, 2.24) is 9.97 Å². The highest BCUT2D eigenvalue weighted by Crippen LogP contribution is 2.22. The third-order valence-corrected chi connectivity index (χ3v) is 3.02. The van der Waals surface area contributed by atoms with E-state index >= 15 is 0 Å². The van der Waals surface area contributed by atoms with Gasteiger partial charge in [0.2, 0.25) is 0 Å². The zero-order valence-electron chi connectivity index (χ0n) is 12.0. The van der Waals surface area contributed by atoms with E-state index in [0.29, 0.717) is 36.4 Å². The third-order valence-electron chi connectivity index (χ3n) is 3.02. The second-order valence-electron chi connectivity index (χ2n) is 4.57. The number of benzene rings is 1. The minimum Gasteiger partial charge on any atom is -0.397 e. The van der Waals surface area contributed by atoms with E-state index in [1.54, 1.807) is 19.2 Å². The summed E-state index contributed by atoms with van der Waals surface area (Å²) in [7, 11) is 1.65. The van der Waals surface area contributed by atoms with Crippen LogP contribution < -0.4 is 16.6 Å². The number of rotatable bonds is 8. The van der Waals surface area contributed by atoms with Crippen LogP contribution in [0.4, 0.5) is 11.4 Å². The number of nitrogen functional groups attached to an aromatic ring is 1. The lowest BCUT2D eigenvalue weighted by atomic mass is 10.2. The summed E-state index contributed by atoms with van der Waals surface area (Å²) >= 11 is 0. The van der Waals surface area contributed by atoms with Crippen LogP contribution >= 0.6 is 0 Å². The predicted molar refractivity (Wildman–Crippen MR) is 82.6 cm³/mol. The molecule has 21 heavy (non-hydrogen) atoms. The van der Waals surface area contributed by atoms with E-state index in [1.165, 1.54) is 6.33 Å². The van der Waals surface area contributed by atoms with Gasteiger partial charge in [-0.1, -0.05) is 0 Å². The van der Waals surface area contributed by atoms with E-state index in [9.17, 15) is 4.79 Å². The Morgan fingerprint density at radius 2 is 2.19 bits per heavy atom. The maximum Gasteiger partial charge on any atom is 0.258 e. The molecule has 2 rings (SSSR count). The number of aromatic amines is 1. The van der Waals surface area contributed by atoms with Crippen molar-refractivity contribution in [2.75, 3.05) is 44.5 Å². The first kappa shape index (κ1) is 15.3. The van der Waals surface area contributed by atoms with Gasteiger partial charge in [0.25, 0.3) is 5.56 Å². The van der Waals surface area contributed by atoms with Crippen molar-refractivity contribution in [3.05, 3.63) is 28.8 Å². The van der Waals surface area contributed by atoms with Crippen LogP contribution in [-0.4, -0.2) is 43.4 Å². The van der Waals surface area contributed by atoms with Crippen LogP contribution in [0.5, 0.6) is 0 Å². The fourth-order valence-corrected chi connectivity index (χ4v) is 1.93. The topological polar surface area (TPSA) is 102 Å². The van der Waals surface area contributed by atoms with Crippen molar-refractivity contribution in [2.24, 2.45) is 0 Å². The predicted octanol–water partition coefficient (Wildman–Crippen LogP) is 0.970. The van der Waals surface area contributed by atoms with Gasteiger partial charge >= 0.3 is 0 Å². The Morgan fingerprint density at radius 3 is 3.00 bits per heavy atom. The van der Waals surface area contributed by atoms with Crippen molar-refractivity contribution >= 4 is 22.3 Å².